The summed E-state index contributed by atoms with van der Waals surface area (Å²) in [6, 6.07) is 19.7. The Morgan fingerprint density at radius 2 is 1.86 bits per heavy atom. The van der Waals surface area contributed by atoms with Crippen molar-refractivity contribution in [3.8, 4) is 11.3 Å². The minimum Gasteiger partial charge on any atom is -0.456 e. The fourth-order valence-electron chi connectivity index (χ4n) is 5.42. The standard InChI is InChI=1S/C32H33N7O3/c1-20(2)31(40)34-26-9-10-28-25(17-26)19-29(42-28)24-11-14-33-27(18-24)32(41)38-15-12-23(13-16-38)30(22-7-5-4-6-8-22)39-36-21(3)35-37-39/h4-11,14,17-20,23,30H,12-13,15-16H2,1-3H3,(H,34,40)/i1D3,2D3. The molecule has 4 heterocycles. The van der Waals surface area contributed by atoms with Gasteiger partial charge in [-0.05, 0) is 72.9 Å². The summed E-state index contributed by atoms with van der Waals surface area (Å²) >= 11 is 0. The summed E-state index contributed by atoms with van der Waals surface area (Å²) < 4.78 is 51.2. The largest absolute Gasteiger partial charge is 0.456 e. The fourth-order valence-corrected chi connectivity index (χ4v) is 5.42. The van der Waals surface area contributed by atoms with Crippen molar-refractivity contribution >= 4 is 28.5 Å². The number of carbonyl (C=O) groups is 2. The number of hydrogen-bond acceptors (Lipinski definition) is 7. The number of furan rings is 1. The molecule has 0 aliphatic carbocycles. The van der Waals surface area contributed by atoms with E-state index in [0.717, 1.165) is 18.4 Å². The van der Waals surface area contributed by atoms with E-state index in [1.165, 1.54) is 6.07 Å². The third-order valence-corrected chi connectivity index (χ3v) is 7.50. The van der Waals surface area contributed by atoms with E-state index in [-0.39, 0.29) is 29.2 Å². The number of aromatic nitrogens is 5. The summed E-state index contributed by atoms with van der Waals surface area (Å²) in [7, 11) is 0. The number of aryl methyl sites for hydroxylation is 1. The lowest BCUT2D eigenvalue weighted by molar-refractivity contribution is -0.118. The minimum absolute atomic E-state index is 0.0995. The predicted octanol–water partition coefficient (Wildman–Crippen LogP) is 5.53. The first-order valence-corrected chi connectivity index (χ1v) is 13.7. The van der Waals surface area contributed by atoms with Crippen molar-refractivity contribution in [2.45, 2.75) is 39.5 Å². The summed E-state index contributed by atoms with van der Waals surface area (Å²) in [6.45, 7) is -3.13. The van der Waals surface area contributed by atoms with E-state index < -0.39 is 25.5 Å². The number of carbonyl (C=O) groups excluding carboxylic acids is 2. The van der Waals surface area contributed by atoms with Crippen LogP contribution in [0.15, 0.2) is 77.3 Å². The van der Waals surface area contributed by atoms with Crippen LogP contribution in [0.25, 0.3) is 22.3 Å². The predicted molar refractivity (Wildman–Crippen MR) is 159 cm³/mol. The van der Waals surface area contributed by atoms with Gasteiger partial charge in [-0.15, -0.1) is 10.2 Å². The van der Waals surface area contributed by atoms with Crippen LogP contribution in [0, 0.1) is 18.8 Å². The van der Waals surface area contributed by atoms with Crippen LogP contribution < -0.4 is 5.32 Å². The van der Waals surface area contributed by atoms with Gasteiger partial charge in [0, 0.05) is 50.1 Å². The average Bonchev–Trinajstić information content (AvgIpc) is 3.66. The molecule has 10 nitrogen and oxygen atoms in total. The third-order valence-electron chi connectivity index (χ3n) is 7.50. The number of pyridine rings is 1. The number of amides is 2. The molecule has 1 fully saturated rings. The molecule has 2 aromatic carbocycles. The van der Waals surface area contributed by atoms with Crippen LogP contribution in [0.4, 0.5) is 5.69 Å². The Bertz CT molecular complexity index is 1920. The Morgan fingerprint density at radius 3 is 2.60 bits per heavy atom. The van der Waals surface area contributed by atoms with Gasteiger partial charge < -0.3 is 14.6 Å². The van der Waals surface area contributed by atoms with E-state index in [2.05, 4.69) is 37.8 Å². The Kier molecular flexibility index (Phi) is 5.76. The Balaban J connectivity index is 1.15. The average molecular weight is 570 g/mol. The maximum atomic E-state index is 13.6. The summed E-state index contributed by atoms with van der Waals surface area (Å²) in [5.74, 6) is -2.25. The molecule has 1 atom stereocenters. The molecule has 42 heavy (non-hydrogen) atoms. The van der Waals surface area contributed by atoms with Gasteiger partial charge in [-0.25, -0.2) is 0 Å². The first-order valence-electron chi connectivity index (χ1n) is 16.7. The second-order valence-electron chi connectivity index (χ2n) is 10.4. The third kappa shape index (κ3) is 5.65. The molecular weight excluding hydrogens is 530 g/mol. The molecule has 1 aliphatic rings. The topological polar surface area (TPSA) is 119 Å². The summed E-state index contributed by atoms with van der Waals surface area (Å²) in [6.07, 6.45) is 3.03. The Hall–Kier alpha value is -4.86. The molecule has 0 saturated carbocycles. The second-order valence-corrected chi connectivity index (χ2v) is 10.4. The Morgan fingerprint density at radius 1 is 1.05 bits per heavy atom. The van der Waals surface area contributed by atoms with E-state index in [1.807, 2.05) is 18.2 Å². The minimum atomic E-state index is -3.01. The SMILES string of the molecule is [2H]C([2H])([2H])C(C(=O)Nc1ccc2oc(-c3ccnc(C(=O)N4CCC(C(c5ccccc5)n5nnc(C)n5)CC4)c3)cc2c1)C([2H])([2H])[2H]. The maximum absolute atomic E-state index is 13.6. The van der Waals surface area contributed by atoms with Crippen molar-refractivity contribution in [1.82, 2.24) is 30.1 Å². The van der Waals surface area contributed by atoms with Crippen LogP contribution in [-0.2, 0) is 4.79 Å². The molecule has 1 aliphatic heterocycles. The highest BCUT2D eigenvalue weighted by atomic mass is 16.3. The molecule has 0 radical (unpaired) electrons. The van der Waals surface area contributed by atoms with Crippen LogP contribution in [0.1, 0.15) is 62.7 Å². The Labute approximate surface area is 252 Å². The first kappa shape index (κ1) is 20.9. The number of anilines is 1. The lowest BCUT2D eigenvalue weighted by atomic mass is 9.85. The van der Waals surface area contributed by atoms with Crippen molar-refractivity contribution in [1.29, 1.82) is 0 Å². The second kappa shape index (κ2) is 11.6. The van der Waals surface area contributed by atoms with E-state index in [1.54, 1.807) is 53.1 Å². The molecular formula is C32H33N7O3. The van der Waals surface area contributed by atoms with E-state index in [4.69, 9.17) is 12.6 Å². The normalized spacial score (nSPS) is 17.5. The van der Waals surface area contributed by atoms with E-state index in [0.29, 0.717) is 41.2 Å². The number of piperidine rings is 1. The van der Waals surface area contributed by atoms with Crippen molar-refractivity contribution in [3.63, 3.8) is 0 Å². The highest BCUT2D eigenvalue weighted by Gasteiger charge is 2.32. The molecule has 10 heteroatoms. The van der Waals surface area contributed by atoms with Crippen LogP contribution in [0.2, 0.25) is 0 Å². The number of nitrogens with one attached hydrogen (secondary N) is 1. The molecule has 3 aromatic heterocycles. The maximum Gasteiger partial charge on any atom is 0.272 e. The number of fused-ring (bicyclic) bond motifs is 1. The number of benzene rings is 2. The van der Waals surface area contributed by atoms with Crippen molar-refractivity contribution in [2.75, 3.05) is 18.4 Å². The molecule has 0 bridgehead atoms. The van der Waals surface area contributed by atoms with Crippen LogP contribution in [-0.4, -0.2) is 55.0 Å². The molecule has 0 spiro atoms. The highest BCUT2D eigenvalue weighted by Crippen LogP contribution is 2.34. The van der Waals surface area contributed by atoms with Gasteiger partial charge >= 0.3 is 0 Å². The molecule has 1 N–H and O–H groups in total. The van der Waals surface area contributed by atoms with Gasteiger partial charge in [0.15, 0.2) is 5.82 Å². The molecule has 2 amide bonds. The summed E-state index contributed by atoms with van der Waals surface area (Å²) in [5.41, 5.74) is 2.67. The van der Waals surface area contributed by atoms with Gasteiger partial charge in [0.2, 0.25) is 5.91 Å². The fraction of sp³-hybridized carbons (Fsp3) is 0.312. The van der Waals surface area contributed by atoms with Crippen LogP contribution in [0.3, 0.4) is 0 Å². The summed E-state index contributed by atoms with van der Waals surface area (Å²) in [5, 5.41) is 15.8. The van der Waals surface area contributed by atoms with Gasteiger partial charge in [-0.1, -0.05) is 44.0 Å². The molecule has 214 valence electrons. The van der Waals surface area contributed by atoms with Gasteiger partial charge in [0.25, 0.3) is 5.91 Å². The molecule has 1 unspecified atom stereocenters. The quantitative estimate of drug-likeness (QED) is 0.274. The zero-order chi connectivity index (χ0) is 34.2. The van der Waals surface area contributed by atoms with Crippen molar-refractivity contribution < 1.29 is 22.2 Å². The highest BCUT2D eigenvalue weighted by molar-refractivity contribution is 5.96. The first-order chi connectivity index (χ1) is 22.8. The monoisotopic (exact) mass is 569 g/mol. The molecule has 6 rings (SSSR count). The van der Waals surface area contributed by atoms with Crippen LogP contribution >= 0.6 is 0 Å². The van der Waals surface area contributed by atoms with Gasteiger partial charge in [-0.3, -0.25) is 14.6 Å². The molecule has 5 aromatic rings. The summed E-state index contributed by atoms with van der Waals surface area (Å²) in [4.78, 5) is 34.1. The van der Waals surface area contributed by atoms with Gasteiger partial charge in [-0.2, -0.15) is 4.80 Å². The van der Waals surface area contributed by atoms with E-state index in [9.17, 15) is 9.59 Å². The number of rotatable bonds is 7. The zero-order valence-corrected chi connectivity index (χ0v) is 22.9. The van der Waals surface area contributed by atoms with Crippen LogP contribution in [0.5, 0.6) is 0 Å². The number of tetrazole rings is 1. The van der Waals surface area contributed by atoms with Crippen molar-refractivity contribution in [2.24, 2.45) is 11.8 Å². The lowest BCUT2D eigenvalue weighted by Crippen LogP contribution is -2.41. The molecule has 1 saturated heterocycles. The number of hydrogen-bond donors (Lipinski definition) is 1. The smallest absolute Gasteiger partial charge is 0.272 e. The van der Waals surface area contributed by atoms with Gasteiger partial charge in [0.1, 0.15) is 23.1 Å². The van der Waals surface area contributed by atoms with E-state index >= 15 is 0 Å². The number of nitrogens with zero attached hydrogens (tertiary/aromatic N) is 6. The lowest BCUT2D eigenvalue weighted by Gasteiger charge is -2.35. The number of likely N-dealkylation sites (tertiary alicyclic amines) is 1. The zero-order valence-electron chi connectivity index (χ0n) is 28.9. The van der Waals surface area contributed by atoms with Gasteiger partial charge in [0.05, 0.1) is 0 Å². The van der Waals surface area contributed by atoms with Crippen molar-refractivity contribution in [3.05, 3.63) is 90.0 Å².